The standard InChI is InChI=1S/C34H14N2O2/c1-5-6-7-8-9-10-11-12-13-14-15-16-17-18-19-22-28-36-31-26-21-20-24-29(31)34(2,3)32(36)27-23-25-30(35-4)33(37)38/h1,20-21,23-27H,2-3H3/p+1/b27-23+,30-25-. The van der Waals surface area contributed by atoms with E-state index < -0.39 is 11.4 Å². The molecule has 2 rings (SSSR count). The molecule has 4 heteroatoms. The SMILES string of the molecule is [C-]#[N+]/C(=C\C=C\C1=[N+](C#CC#CC#CC#CC#CC#CC#CC#CC#C)c2ccccc2C1(C)C)C(=O)O. The van der Waals surface area contributed by atoms with E-state index in [4.69, 9.17) is 18.1 Å². The Labute approximate surface area is 223 Å². The lowest BCUT2D eigenvalue weighted by Crippen LogP contribution is -2.26. The number of carbonyl (C=O) groups is 1. The minimum atomic E-state index is -1.28. The first kappa shape index (κ1) is 27.6. The van der Waals surface area contributed by atoms with Crippen molar-refractivity contribution in [3.63, 3.8) is 0 Å². The highest BCUT2D eigenvalue weighted by Gasteiger charge is 2.44. The summed E-state index contributed by atoms with van der Waals surface area (Å²) in [6, 6.07) is 10.8. The van der Waals surface area contributed by atoms with Crippen molar-refractivity contribution in [1.82, 2.24) is 0 Å². The summed E-state index contributed by atoms with van der Waals surface area (Å²) in [5.41, 5.74) is 1.97. The average Bonchev–Trinajstić information content (AvgIpc) is 3.12. The van der Waals surface area contributed by atoms with Crippen LogP contribution in [-0.4, -0.2) is 21.4 Å². The van der Waals surface area contributed by atoms with Crippen molar-refractivity contribution in [3.8, 4) is 107 Å². The largest absolute Gasteiger partial charge is 0.486 e. The molecule has 1 aliphatic rings. The predicted molar refractivity (Wildman–Crippen MR) is 147 cm³/mol. The van der Waals surface area contributed by atoms with Crippen LogP contribution in [0.3, 0.4) is 0 Å². The molecule has 1 aliphatic heterocycles. The molecule has 0 saturated carbocycles. The third-order valence-corrected chi connectivity index (χ3v) is 4.66. The lowest BCUT2D eigenvalue weighted by Gasteiger charge is -2.14. The molecular weight excluding hydrogens is 468 g/mol. The lowest BCUT2D eigenvalue weighted by molar-refractivity contribution is -0.332. The Balaban J connectivity index is 2.25. The van der Waals surface area contributed by atoms with E-state index >= 15 is 0 Å². The maximum Gasteiger partial charge on any atom is 0.333 e. The molecule has 4 nitrogen and oxygen atoms in total. The monoisotopic (exact) mass is 483 g/mol. The molecule has 0 spiro atoms. The Bertz CT molecular complexity index is 1870. The molecule has 1 N–H and O–H groups in total. The van der Waals surface area contributed by atoms with Crippen molar-refractivity contribution in [2.24, 2.45) is 0 Å². The molecule has 0 radical (unpaired) electrons. The highest BCUT2D eigenvalue weighted by molar-refractivity contribution is 6.03. The molecular formula is C34H15N2O2+. The zero-order valence-electron chi connectivity index (χ0n) is 20.4. The van der Waals surface area contributed by atoms with Gasteiger partial charge in [0.2, 0.25) is 17.4 Å². The fraction of sp³-hybridized carbons (Fsp3) is 0.0882. The molecule has 0 fully saturated rings. The van der Waals surface area contributed by atoms with Gasteiger partial charge in [-0.05, 0) is 67.3 Å². The van der Waals surface area contributed by atoms with Crippen LogP contribution in [0.2, 0.25) is 0 Å². The number of para-hydroxylation sites is 1. The smallest absolute Gasteiger partial charge is 0.333 e. The summed E-state index contributed by atoms with van der Waals surface area (Å²) in [5, 5.41) is 9.06. The first-order chi connectivity index (χ1) is 18.4. The third-order valence-electron chi connectivity index (χ3n) is 4.66. The zero-order valence-corrected chi connectivity index (χ0v) is 20.4. The van der Waals surface area contributed by atoms with Crippen molar-refractivity contribution >= 4 is 17.4 Å². The third kappa shape index (κ3) is 8.00. The molecule has 38 heavy (non-hydrogen) atoms. The molecule has 0 amide bonds. The van der Waals surface area contributed by atoms with Crippen molar-refractivity contribution in [3.05, 3.63) is 65.2 Å². The lowest BCUT2D eigenvalue weighted by atomic mass is 9.81. The van der Waals surface area contributed by atoms with E-state index in [1.54, 1.807) is 10.7 Å². The van der Waals surface area contributed by atoms with Gasteiger partial charge in [0, 0.05) is 59.1 Å². The van der Waals surface area contributed by atoms with Crippen LogP contribution < -0.4 is 0 Å². The topological polar surface area (TPSA) is 44.7 Å². The molecule has 172 valence electrons. The molecule has 1 aromatic carbocycles. The minimum absolute atomic E-state index is 0.379. The van der Waals surface area contributed by atoms with Crippen molar-refractivity contribution in [2.45, 2.75) is 19.3 Å². The van der Waals surface area contributed by atoms with Gasteiger partial charge in [0.05, 0.1) is 17.9 Å². The fourth-order valence-corrected chi connectivity index (χ4v) is 3.06. The summed E-state index contributed by atoms with van der Waals surface area (Å²) in [7, 11) is 0. The van der Waals surface area contributed by atoms with Crippen molar-refractivity contribution < 1.29 is 14.5 Å². The van der Waals surface area contributed by atoms with E-state index in [9.17, 15) is 4.79 Å². The summed E-state index contributed by atoms with van der Waals surface area (Å²) in [6.07, 6.45) is 9.49. The van der Waals surface area contributed by atoms with Crippen molar-refractivity contribution in [1.29, 1.82) is 0 Å². The summed E-state index contributed by atoms with van der Waals surface area (Å²) < 4.78 is 1.79. The Kier molecular flexibility index (Phi) is 10.6. The van der Waals surface area contributed by atoms with Gasteiger partial charge in [-0.25, -0.2) is 4.85 Å². The Morgan fingerprint density at radius 2 is 1.39 bits per heavy atom. The first-order valence-corrected chi connectivity index (χ1v) is 10.7. The van der Waals surface area contributed by atoms with Gasteiger partial charge in [-0.2, -0.15) is 0 Å². The summed E-state index contributed by atoms with van der Waals surface area (Å²) in [6.45, 7) is 11.1. The quantitative estimate of drug-likeness (QED) is 0.236. The number of terminal acetylenes is 1. The van der Waals surface area contributed by atoms with Gasteiger partial charge in [0.15, 0.2) is 0 Å². The van der Waals surface area contributed by atoms with Crippen LogP contribution in [0.25, 0.3) is 4.85 Å². The van der Waals surface area contributed by atoms with Crippen LogP contribution in [0, 0.1) is 114 Å². The van der Waals surface area contributed by atoms with Crippen LogP contribution in [0.4, 0.5) is 5.69 Å². The summed E-state index contributed by atoms with van der Waals surface area (Å²) >= 11 is 0. The van der Waals surface area contributed by atoms with Gasteiger partial charge >= 0.3 is 5.97 Å². The van der Waals surface area contributed by atoms with Crippen LogP contribution in [0.15, 0.2) is 48.2 Å². The predicted octanol–water partition coefficient (Wildman–Crippen LogP) is 3.12. The van der Waals surface area contributed by atoms with Crippen LogP contribution >= 0.6 is 0 Å². The van der Waals surface area contributed by atoms with Gasteiger partial charge in [0.1, 0.15) is 0 Å². The fourth-order valence-electron chi connectivity index (χ4n) is 3.06. The highest BCUT2D eigenvalue weighted by Crippen LogP contribution is 2.39. The summed E-state index contributed by atoms with van der Waals surface area (Å²) in [5.74, 6) is 38.8. The second-order valence-corrected chi connectivity index (χ2v) is 7.32. The van der Waals surface area contributed by atoms with Crippen LogP contribution in [0.1, 0.15) is 19.4 Å². The van der Waals surface area contributed by atoms with E-state index in [1.807, 2.05) is 38.1 Å². The number of hydrogen-bond donors (Lipinski definition) is 1. The zero-order chi connectivity index (χ0) is 27.6. The maximum atomic E-state index is 11.1. The number of carboxylic acid groups (broad SMARTS) is 1. The maximum absolute atomic E-state index is 11.1. The van der Waals surface area contributed by atoms with E-state index in [0.717, 1.165) is 17.0 Å². The van der Waals surface area contributed by atoms with E-state index in [-0.39, 0.29) is 5.70 Å². The Hall–Kier alpha value is -6.63. The number of allylic oxidation sites excluding steroid dienone is 3. The average molecular weight is 484 g/mol. The number of carboxylic acids is 1. The normalized spacial score (nSPS) is 11.1. The van der Waals surface area contributed by atoms with Crippen LogP contribution in [-0.2, 0) is 10.2 Å². The summed E-state index contributed by atoms with van der Waals surface area (Å²) in [4.78, 5) is 14.1. The minimum Gasteiger partial charge on any atom is -0.486 e. The van der Waals surface area contributed by atoms with Crippen LogP contribution in [0.5, 0.6) is 0 Å². The number of rotatable bonds is 3. The van der Waals surface area contributed by atoms with E-state index in [1.165, 1.54) is 12.2 Å². The molecule has 0 aliphatic carbocycles. The Morgan fingerprint density at radius 1 is 0.895 bits per heavy atom. The molecule has 0 unspecified atom stereocenters. The number of fused-ring (bicyclic) bond motifs is 1. The van der Waals surface area contributed by atoms with Gasteiger partial charge in [-0.15, -0.1) is 11.0 Å². The molecule has 1 aromatic rings. The number of benzene rings is 1. The second-order valence-electron chi connectivity index (χ2n) is 7.32. The molecule has 0 aromatic heterocycles. The number of aliphatic carboxylic acids is 1. The van der Waals surface area contributed by atoms with E-state index in [0.29, 0.717) is 0 Å². The highest BCUT2D eigenvalue weighted by atomic mass is 16.4. The molecule has 0 bridgehead atoms. The molecule has 1 heterocycles. The Morgan fingerprint density at radius 3 is 1.89 bits per heavy atom. The number of nitrogens with zero attached hydrogens (tertiary/aromatic N) is 2. The van der Waals surface area contributed by atoms with Gasteiger partial charge in [-0.3, -0.25) is 4.79 Å². The van der Waals surface area contributed by atoms with Crippen molar-refractivity contribution in [2.75, 3.05) is 0 Å². The van der Waals surface area contributed by atoms with Gasteiger partial charge in [-0.1, -0.05) is 24.3 Å². The van der Waals surface area contributed by atoms with Gasteiger partial charge < -0.3 is 5.11 Å². The second kappa shape index (κ2) is 14.6. The first-order valence-electron chi connectivity index (χ1n) is 10.7. The molecule has 0 atom stereocenters. The van der Waals surface area contributed by atoms with E-state index in [2.05, 4.69) is 106 Å². The number of hydrogen-bond acceptors (Lipinski definition) is 1. The van der Waals surface area contributed by atoms with Gasteiger partial charge in [0.25, 0.3) is 5.70 Å². The molecule has 0 saturated heterocycles.